The van der Waals surface area contributed by atoms with Gasteiger partial charge in [-0.25, -0.2) is 0 Å². The van der Waals surface area contributed by atoms with Crippen LogP contribution in [0.1, 0.15) is 35.2 Å². The molecule has 0 radical (unpaired) electrons. The quantitative estimate of drug-likeness (QED) is 0.651. The predicted molar refractivity (Wildman–Crippen MR) is 128 cm³/mol. The van der Waals surface area contributed by atoms with Gasteiger partial charge in [-0.15, -0.1) is 0 Å². The van der Waals surface area contributed by atoms with E-state index in [1.54, 1.807) is 31.4 Å². The molecular weight excluding hydrogens is 440 g/mol. The van der Waals surface area contributed by atoms with Gasteiger partial charge in [0.1, 0.15) is 11.0 Å². The molecule has 2 aromatic carbocycles. The number of nitrogens with one attached hydrogen (secondary N) is 2. The number of thioether (sulfide) groups is 1. The van der Waals surface area contributed by atoms with Gasteiger partial charge in [0.15, 0.2) is 5.17 Å². The highest BCUT2D eigenvalue weighted by molar-refractivity contribution is 8.15. The minimum atomic E-state index is -0.484. The SMILES string of the molecule is COc1cccc(CNC(=O)c2ccc(NC(=O)CC3SC(N4CCCC4)=NC3=O)cc2)c1. The number of methoxy groups -OCH3 is 1. The van der Waals surface area contributed by atoms with Crippen LogP contribution >= 0.6 is 11.8 Å². The van der Waals surface area contributed by atoms with Crippen molar-refractivity contribution < 1.29 is 19.1 Å². The lowest BCUT2D eigenvalue weighted by atomic mass is 10.1. The molecule has 1 unspecified atom stereocenters. The zero-order valence-electron chi connectivity index (χ0n) is 18.4. The van der Waals surface area contributed by atoms with Gasteiger partial charge < -0.3 is 20.3 Å². The van der Waals surface area contributed by atoms with Crippen molar-refractivity contribution in [3.8, 4) is 5.75 Å². The fourth-order valence-electron chi connectivity index (χ4n) is 3.71. The van der Waals surface area contributed by atoms with E-state index in [1.165, 1.54) is 11.8 Å². The number of rotatable bonds is 7. The maximum atomic E-state index is 12.4. The molecule has 1 fully saturated rings. The largest absolute Gasteiger partial charge is 0.497 e. The van der Waals surface area contributed by atoms with Gasteiger partial charge in [0.25, 0.3) is 11.8 Å². The third-order valence-corrected chi connectivity index (χ3v) is 6.71. The number of amidine groups is 1. The lowest BCUT2D eigenvalue weighted by Crippen LogP contribution is -2.25. The van der Waals surface area contributed by atoms with Crippen molar-refractivity contribution in [1.82, 2.24) is 10.2 Å². The Labute approximate surface area is 196 Å². The topological polar surface area (TPSA) is 100 Å². The van der Waals surface area contributed by atoms with Crippen LogP contribution in [0.2, 0.25) is 0 Å². The van der Waals surface area contributed by atoms with Gasteiger partial charge in [0.2, 0.25) is 5.91 Å². The van der Waals surface area contributed by atoms with Crippen LogP contribution in [0.5, 0.6) is 5.75 Å². The highest BCUT2D eigenvalue weighted by Crippen LogP contribution is 2.29. The standard InChI is InChI=1S/C24H26N4O4S/c1-32-19-6-4-5-16(13-19)15-25-22(30)17-7-9-18(10-8-17)26-21(29)14-20-23(31)27-24(33-20)28-11-2-3-12-28/h4-10,13,20H,2-3,11-12,14-15H2,1H3,(H,25,30)(H,26,29). The minimum Gasteiger partial charge on any atom is -0.497 e. The Balaban J connectivity index is 1.25. The van der Waals surface area contributed by atoms with Crippen LogP contribution in [-0.2, 0) is 16.1 Å². The van der Waals surface area contributed by atoms with Crippen molar-refractivity contribution in [3.63, 3.8) is 0 Å². The summed E-state index contributed by atoms with van der Waals surface area (Å²) >= 11 is 1.37. The summed E-state index contributed by atoms with van der Waals surface area (Å²) in [7, 11) is 1.60. The number of ether oxygens (including phenoxy) is 1. The average molecular weight is 467 g/mol. The van der Waals surface area contributed by atoms with Gasteiger partial charge in [-0.3, -0.25) is 14.4 Å². The third-order valence-electron chi connectivity index (χ3n) is 5.49. The first kappa shape index (κ1) is 22.8. The molecule has 33 heavy (non-hydrogen) atoms. The van der Waals surface area contributed by atoms with E-state index >= 15 is 0 Å². The monoisotopic (exact) mass is 466 g/mol. The van der Waals surface area contributed by atoms with Crippen molar-refractivity contribution in [3.05, 3.63) is 59.7 Å². The van der Waals surface area contributed by atoms with Gasteiger partial charge in [-0.05, 0) is 54.8 Å². The van der Waals surface area contributed by atoms with Crippen LogP contribution in [0, 0.1) is 0 Å². The molecule has 2 aromatic rings. The minimum absolute atomic E-state index is 0.0626. The first-order valence-corrected chi connectivity index (χ1v) is 11.7. The summed E-state index contributed by atoms with van der Waals surface area (Å²) in [6.07, 6.45) is 2.27. The molecule has 0 bridgehead atoms. The van der Waals surface area contributed by atoms with E-state index in [2.05, 4.69) is 20.5 Å². The summed E-state index contributed by atoms with van der Waals surface area (Å²) < 4.78 is 5.19. The van der Waals surface area contributed by atoms with Gasteiger partial charge in [0.05, 0.1) is 7.11 Å². The molecule has 0 aliphatic carbocycles. The summed E-state index contributed by atoms with van der Waals surface area (Å²) in [5, 5.41) is 5.92. The lowest BCUT2D eigenvalue weighted by Gasteiger charge is -2.16. The molecule has 0 aromatic heterocycles. The number of nitrogens with zero attached hydrogens (tertiary/aromatic N) is 2. The smallest absolute Gasteiger partial charge is 0.262 e. The molecule has 3 amide bonds. The number of hydrogen-bond donors (Lipinski definition) is 2. The Bertz CT molecular complexity index is 1060. The van der Waals surface area contributed by atoms with E-state index in [0.29, 0.717) is 17.8 Å². The highest BCUT2D eigenvalue weighted by atomic mass is 32.2. The maximum Gasteiger partial charge on any atom is 0.262 e. The Kier molecular flexibility index (Phi) is 7.29. The summed E-state index contributed by atoms with van der Waals surface area (Å²) in [4.78, 5) is 43.3. The van der Waals surface area contributed by atoms with Gasteiger partial charge in [0, 0.05) is 37.3 Å². The molecule has 2 aliphatic rings. The summed E-state index contributed by atoms with van der Waals surface area (Å²) in [5.41, 5.74) is 1.99. The molecular formula is C24H26N4O4S. The number of aliphatic imine (C=N–C) groups is 1. The number of amides is 3. The zero-order valence-corrected chi connectivity index (χ0v) is 19.2. The van der Waals surface area contributed by atoms with Crippen molar-refractivity contribution in [2.75, 3.05) is 25.5 Å². The molecule has 4 rings (SSSR count). The van der Waals surface area contributed by atoms with Crippen molar-refractivity contribution in [2.45, 2.75) is 31.1 Å². The number of likely N-dealkylation sites (tertiary alicyclic amines) is 1. The summed E-state index contributed by atoms with van der Waals surface area (Å²) in [6.45, 7) is 2.21. The second kappa shape index (κ2) is 10.5. The zero-order chi connectivity index (χ0) is 23.2. The van der Waals surface area contributed by atoms with Crippen LogP contribution in [0.15, 0.2) is 53.5 Å². The molecule has 8 nitrogen and oxygen atoms in total. The van der Waals surface area contributed by atoms with Gasteiger partial charge in [-0.1, -0.05) is 23.9 Å². The fourth-order valence-corrected chi connectivity index (χ4v) is 4.82. The Morgan fingerprint density at radius 3 is 2.64 bits per heavy atom. The first-order valence-electron chi connectivity index (χ1n) is 10.9. The van der Waals surface area contributed by atoms with Crippen molar-refractivity contribution >= 4 is 40.3 Å². The summed E-state index contributed by atoms with van der Waals surface area (Å²) in [5.74, 6) is 0.0164. The number of anilines is 1. The fraction of sp³-hybridized carbons (Fsp3) is 0.333. The summed E-state index contributed by atoms with van der Waals surface area (Å²) in [6, 6.07) is 14.1. The van der Waals surface area contributed by atoms with Gasteiger partial charge >= 0.3 is 0 Å². The van der Waals surface area contributed by atoms with Crippen LogP contribution < -0.4 is 15.4 Å². The van der Waals surface area contributed by atoms with Crippen LogP contribution in [0.4, 0.5) is 5.69 Å². The van der Waals surface area contributed by atoms with E-state index in [0.717, 1.165) is 42.4 Å². The Morgan fingerprint density at radius 1 is 1.15 bits per heavy atom. The normalized spacial score (nSPS) is 17.6. The van der Waals surface area contributed by atoms with E-state index in [9.17, 15) is 14.4 Å². The first-order chi connectivity index (χ1) is 16.0. The van der Waals surface area contributed by atoms with E-state index in [4.69, 9.17) is 4.74 Å². The molecule has 172 valence electrons. The molecule has 2 N–H and O–H groups in total. The Hall–Kier alpha value is -3.33. The third kappa shape index (κ3) is 5.92. The van der Waals surface area contributed by atoms with Crippen molar-refractivity contribution in [2.24, 2.45) is 4.99 Å². The highest BCUT2D eigenvalue weighted by Gasteiger charge is 2.33. The number of carbonyl (C=O) groups is 3. The molecule has 1 saturated heterocycles. The second-order valence-electron chi connectivity index (χ2n) is 7.90. The molecule has 1 atom stereocenters. The van der Waals surface area contributed by atoms with E-state index in [-0.39, 0.29) is 24.1 Å². The van der Waals surface area contributed by atoms with E-state index in [1.807, 2.05) is 24.3 Å². The predicted octanol–water partition coefficient (Wildman–Crippen LogP) is 3.05. The molecule has 9 heteroatoms. The molecule has 2 aliphatic heterocycles. The second-order valence-corrected chi connectivity index (χ2v) is 9.07. The van der Waals surface area contributed by atoms with Gasteiger partial charge in [-0.2, -0.15) is 4.99 Å². The van der Waals surface area contributed by atoms with E-state index < -0.39 is 5.25 Å². The number of benzene rings is 2. The molecule has 0 spiro atoms. The van der Waals surface area contributed by atoms with Crippen LogP contribution in [0.25, 0.3) is 0 Å². The molecule has 2 heterocycles. The van der Waals surface area contributed by atoms with Crippen LogP contribution in [-0.4, -0.2) is 53.2 Å². The average Bonchev–Trinajstić information content (AvgIpc) is 3.48. The number of carbonyl (C=O) groups excluding carboxylic acids is 3. The maximum absolute atomic E-state index is 12.4. The Morgan fingerprint density at radius 2 is 1.91 bits per heavy atom. The van der Waals surface area contributed by atoms with Crippen LogP contribution in [0.3, 0.4) is 0 Å². The number of hydrogen-bond acceptors (Lipinski definition) is 6. The van der Waals surface area contributed by atoms with Crippen molar-refractivity contribution in [1.29, 1.82) is 0 Å². The lowest BCUT2D eigenvalue weighted by molar-refractivity contribution is -0.121. The molecule has 0 saturated carbocycles.